The van der Waals surface area contributed by atoms with Gasteiger partial charge in [-0.05, 0) is 37.1 Å². The molecule has 0 saturated carbocycles. The van der Waals surface area contributed by atoms with Crippen molar-refractivity contribution < 1.29 is 9.53 Å². The molecule has 2 atom stereocenters. The summed E-state index contributed by atoms with van der Waals surface area (Å²) < 4.78 is 7.83. The zero-order valence-electron chi connectivity index (χ0n) is 14.3. The number of rotatable bonds is 1. The van der Waals surface area contributed by atoms with E-state index in [4.69, 9.17) is 16.3 Å². The van der Waals surface area contributed by atoms with Gasteiger partial charge in [0.05, 0.1) is 30.6 Å². The van der Waals surface area contributed by atoms with Gasteiger partial charge in [0.25, 0.3) is 5.91 Å². The first kappa shape index (κ1) is 15.8. The second-order valence-corrected chi connectivity index (χ2v) is 7.38. The Morgan fingerprint density at radius 1 is 1.42 bits per heavy atom. The van der Waals surface area contributed by atoms with Crippen LogP contribution in [0.3, 0.4) is 0 Å². The number of nitrogens with zero attached hydrogens (tertiary/aromatic N) is 4. The summed E-state index contributed by atoms with van der Waals surface area (Å²) in [6.07, 6.45) is 2.60. The first-order valence-electron chi connectivity index (χ1n) is 8.69. The Morgan fingerprint density at radius 2 is 2.31 bits per heavy atom. The maximum Gasteiger partial charge on any atom is 0.270 e. The topological polar surface area (TPSA) is 76.0 Å². The minimum absolute atomic E-state index is 0.000473. The maximum absolute atomic E-state index is 13.2. The highest BCUT2D eigenvalue weighted by molar-refractivity contribution is 6.31. The molecule has 3 aromatic rings. The van der Waals surface area contributed by atoms with E-state index in [9.17, 15) is 4.79 Å². The van der Waals surface area contributed by atoms with Crippen molar-refractivity contribution in [2.45, 2.75) is 32.1 Å². The van der Waals surface area contributed by atoms with Crippen molar-refractivity contribution in [1.29, 1.82) is 0 Å². The zero-order valence-corrected chi connectivity index (χ0v) is 15.0. The van der Waals surface area contributed by atoms with E-state index in [2.05, 4.69) is 15.3 Å². The van der Waals surface area contributed by atoms with E-state index in [1.54, 1.807) is 6.20 Å². The van der Waals surface area contributed by atoms with Gasteiger partial charge in [0.2, 0.25) is 0 Å². The summed E-state index contributed by atoms with van der Waals surface area (Å²) >= 11 is 6.10. The molecule has 5 rings (SSSR count). The largest absolute Gasteiger partial charge is 0.370 e. The summed E-state index contributed by atoms with van der Waals surface area (Å²) in [5.41, 5.74) is 3.42. The number of aromatic nitrogens is 4. The number of hydrogen-bond donors (Lipinski definition) is 1. The fourth-order valence-electron chi connectivity index (χ4n) is 4.03. The van der Waals surface area contributed by atoms with Crippen LogP contribution in [0.1, 0.15) is 34.2 Å². The molecule has 2 aliphatic heterocycles. The Balaban J connectivity index is 1.46. The molecule has 2 aliphatic rings. The van der Waals surface area contributed by atoms with Crippen LogP contribution < -0.4 is 0 Å². The molecule has 7 nitrogen and oxygen atoms in total. The molecule has 26 heavy (non-hydrogen) atoms. The number of aromatic amines is 1. The minimum atomic E-state index is 0.000473. The lowest BCUT2D eigenvalue weighted by Crippen LogP contribution is -2.50. The molecular formula is C18H18ClN5O2. The fourth-order valence-corrected chi connectivity index (χ4v) is 4.21. The number of carbonyl (C=O) groups excluding carboxylic acids is 1. The molecule has 134 valence electrons. The van der Waals surface area contributed by atoms with E-state index >= 15 is 0 Å². The molecule has 0 spiro atoms. The monoisotopic (exact) mass is 371 g/mol. The van der Waals surface area contributed by atoms with Gasteiger partial charge in [-0.1, -0.05) is 16.8 Å². The van der Waals surface area contributed by atoms with Gasteiger partial charge < -0.3 is 14.6 Å². The van der Waals surface area contributed by atoms with E-state index in [1.807, 2.05) is 34.7 Å². The minimum Gasteiger partial charge on any atom is -0.370 e. The number of H-pyrrole nitrogens is 1. The van der Waals surface area contributed by atoms with Crippen molar-refractivity contribution in [2.24, 2.45) is 0 Å². The first-order chi connectivity index (χ1) is 12.6. The third-order valence-corrected chi connectivity index (χ3v) is 5.69. The predicted octanol–water partition coefficient (Wildman–Crippen LogP) is 2.71. The van der Waals surface area contributed by atoms with E-state index in [1.165, 1.54) is 0 Å². The fraction of sp³-hybridized carbons (Fsp3) is 0.389. The van der Waals surface area contributed by atoms with Gasteiger partial charge >= 0.3 is 0 Å². The summed E-state index contributed by atoms with van der Waals surface area (Å²) in [6, 6.07) is 5.64. The molecule has 2 aromatic heterocycles. The number of benzene rings is 1. The Hall–Kier alpha value is -2.38. The highest BCUT2D eigenvalue weighted by atomic mass is 35.5. The normalized spacial score (nSPS) is 22.3. The molecule has 2 unspecified atom stereocenters. The molecule has 1 saturated heterocycles. The van der Waals surface area contributed by atoms with Crippen LogP contribution in [0, 0.1) is 6.92 Å². The van der Waals surface area contributed by atoms with Crippen LogP contribution in [-0.4, -0.2) is 50.0 Å². The number of carbonyl (C=O) groups is 1. The number of amides is 1. The number of aryl methyl sites for hydroxylation is 1. The molecule has 8 heteroatoms. The lowest BCUT2D eigenvalue weighted by molar-refractivity contribution is -0.0605. The van der Waals surface area contributed by atoms with Gasteiger partial charge in [-0.2, -0.15) is 0 Å². The number of likely N-dealkylation sites (tertiary alicyclic amines) is 1. The van der Waals surface area contributed by atoms with Crippen LogP contribution in [0.25, 0.3) is 10.9 Å². The molecule has 1 N–H and O–H groups in total. The zero-order chi connectivity index (χ0) is 17.8. The Morgan fingerprint density at radius 3 is 3.19 bits per heavy atom. The first-order valence-corrected chi connectivity index (χ1v) is 9.07. The van der Waals surface area contributed by atoms with E-state index in [-0.39, 0.29) is 18.1 Å². The van der Waals surface area contributed by atoms with E-state index < -0.39 is 0 Å². The second kappa shape index (κ2) is 5.82. The van der Waals surface area contributed by atoms with Crippen LogP contribution in [-0.2, 0) is 11.3 Å². The number of nitrogens with one attached hydrogen (secondary N) is 1. The molecule has 1 amide bonds. The SMILES string of the molecule is Cc1c(C(=O)N2CCC3OCc4cnnn4C3C2)[nH]c2ccc(Cl)cc12. The Labute approximate surface area is 154 Å². The standard InChI is InChI=1S/C18H18ClN5O2/c1-10-13-6-11(19)2-3-14(13)21-17(10)18(25)23-5-4-16-15(8-23)24-12(9-26-16)7-20-22-24/h2-3,6-7,15-16,21H,4-5,8-9H2,1H3. The average Bonchev–Trinajstić information content (AvgIpc) is 3.26. The van der Waals surface area contributed by atoms with Gasteiger partial charge in [-0.15, -0.1) is 5.10 Å². The van der Waals surface area contributed by atoms with Crippen LogP contribution in [0.4, 0.5) is 0 Å². The van der Waals surface area contributed by atoms with Crippen molar-refractivity contribution in [2.75, 3.05) is 13.1 Å². The van der Waals surface area contributed by atoms with E-state index in [0.717, 1.165) is 28.6 Å². The molecule has 0 radical (unpaired) electrons. The third kappa shape index (κ3) is 2.34. The average molecular weight is 372 g/mol. The van der Waals surface area contributed by atoms with Crippen LogP contribution in [0.2, 0.25) is 5.02 Å². The van der Waals surface area contributed by atoms with Gasteiger partial charge in [0.15, 0.2) is 0 Å². The molecule has 0 aliphatic carbocycles. The molecule has 0 bridgehead atoms. The maximum atomic E-state index is 13.2. The number of piperidine rings is 1. The lowest BCUT2D eigenvalue weighted by atomic mass is 10.00. The molecule has 1 aromatic carbocycles. The van der Waals surface area contributed by atoms with Gasteiger partial charge in [0.1, 0.15) is 5.69 Å². The summed E-state index contributed by atoms with van der Waals surface area (Å²) in [6.45, 7) is 3.72. The summed E-state index contributed by atoms with van der Waals surface area (Å²) in [7, 11) is 0. The highest BCUT2D eigenvalue weighted by Gasteiger charge is 2.38. The van der Waals surface area contributed by atoms with Crippen molar-refractivity contribution >= 4 is 28.4 Å². The van der Waals surface area contributed by atoms with Crippen LogP contribution >= 0.6 is 11.6 Å². The van der Waals surface area contributed by atoms with Crippen molar-refractivity contribution in [3.05, 3.63) is 46.4 Å². The summed E-state index contributed by atoms with van der Waals surface area (Å²) in [5, 5.41) is 9.83. The number of hydrogen-bond acceptors (Lipinski definition) is 4. The highest BCUT2D eigenvalue weighted by Crippen LogP contribution is 2.32. The van der Waals surface area contributed by atoms with Crippen molar-refractivity contribution in [3.63, 3.8) is 0 Å². The molecule has 1 fully saturated rings. The van der Waals surface area contributed by atoms with E-state index in [0.29, 0.717) is 30.4 Å². The predicted molar refractivity (Wildman–Crippen MR) is 96.2 cm³/mol. The van der Waals surface area contributed by atoms with Gasteiger partial charge in [-0.3, -0.25) is 4.79 Å². The number of halogens is 1. The van der Waals surface area contributed by atoms with Crippen LogP contribution in [0.5, 0.6) is 0 Å². The molecular weight excluding hydrogens is 354 g/mol. The Kier molecular flexibility index (Phi) is 3.55. The van der Waals surface area contributed by atoms with Crippen molar-refractivity contribution in [1.82, 2.24) is 24.9 Å². The van der Waals surface area contributed by atoms with Gasteiger partial charge in [0, 0.05) is 29.0 Å². The summed E-state index contributed by atoms with van der Waals surface area (Å²) in [5.74, 6) is 0.000473. The summed E-state index contributed by atoms with van der Waals surface area (Å²) in [4.78, 5) is 18.3. The van der Waals surface area contributed by atoms with Gasteiger partial charge in [-0.25, -0.2) is 4.68 Å². The van der Waals surface area contributed by atoms with Crippen LogP contribution in [0.15, 0.2) is 24.4 Å². The third-order valence-electron chi connectivity index (χ3n) is 5.45. The lowest BCUT2D eigenvalue weighted by Gasteiger charge is -2.40. The van der Waals surface area contributed by atoms with Crippen molar-refractivity contribution in [3.8, 4) is 0 Å². The second-order valence-electron chi connectivity index (χ2n) is 6.94. The number of ether oxygens (including phenoxy) is 1. The molecule has 4 heterocycles. The quantitative estimate of drug-likeness (QED) is 0.713. The Bertz CT molecular complexity index is 1010. The smallest absolute Gasteiger partial charge is 0.270 e. The number of fused-ring (bicyclic) bond motifs is 4.